The number of aliphatic hydroxyl groups is 1. The van der Waals surface area contributed by atoms with Gasteiger partial charge in [0, 0.05) is 36.5 Å². The SMILES string of the molecule is COc1cc2nc(-c3cc(F)ccc3O)nc(N[C@@H]3CNCC3C(C)(C)O)c2cc1OC.Cl. The monoisotopic (exact) mass is 478 g/mol. The molecule has 1 unspecified atom stereocenters. The van der Waals surface area contributed by atoms with E-state index in [1.54, 1.807) is 33.1 Å². The lowest BCUT2D eigenvalue weighted by molar-refractivity contribution is 0.0219. The number of fused-ring (bicyclic) bond motifs is 1. The molecule has 4 N–H and O–H groups in total. The molecule has 4 rings (SSSR count). The molecule has 0 spiro atoms. The first kappa shape index (κ1) is 24.8. The van der Waals surface area contributed by atoms with E-state index in [0.717, 1.165) is 0 Å². The van der Waals surface area contributed by atoms with Crippen LogP contribution < -0.4 is 20.1 Å². The number of nitrogens with zero attached hydrogens (tertiary/aromatic N) is 2. The minimum atomic E-state index is -0.908. The fourth-order valence-corrected chi connectivity index (χ4v) is 4.12. The van der Waals surface area contributed by atoms with Gasteiger partial charge < -0.3 is 30.3 Å². The molecule has 0 amide bonds. The van der Waals surface area contributed by atoms with Crippen molar-refractivity contribution in [3.8, 4) is 28.6 Å². The zero-order valence-corrected chi connectivity index (χ0v) is 19.7. The van der Waals surface area contributed by atoms with Gasteiger partial charge in [0.05, 0.1) is 30.9 Å². The Balaban J connectivity index is 0.00000306. The van der Waals surface area contributed by atoms with E-state index in [4.69, 9.17) is 9.47 Å². The van der Waals surface area contributed by atoms with Crippen LogP contribution in [0, 0.1) is 11.7 Å². The highest BCUT2D eigenvalue weighted by Crippen LogP contribution is 2.37. The first-order valence-electron chi connectivity index (χ1n) is 10.3. The van der Waals surface area contributed by atoms with E-state index in [-0.39, 0.29) is 41.5 Å². The number of nitrogens with one attached hydrogen (secondary N) is 2. The summed E-state index contributed by atoms with van der Waals surface area (Å²) in [4.78, 5) is 9.19. The summed E-state index contributed by atoms with van der Waals surface area (Å²) < 4.78 is 24.8. The molecule has 2 atom stereocenters. The van der Waals surface area contributed by atoms with Crippen LogP contribution >= 0.6 is 12.4 Å². The van der Waals surface area contributed by atoms with Crippen LogP contribution in [0.15, 0.2) is 30.3 Å². The molecule has 1 fully saturated rings. The Hall–Kier alpha value is -2.88. The van der Waals surface area contributed by atoms with Crippen LogP contribution in [0.4, 0.5) is 10.2 Å². The van der Waals surface area contributed by atoms with Gasteiger partial charge in [-0.3, -0.25) is 0 Å². The average molecular weight is 479 g/mol. The van der Waals surface area contributed by atoms with Crippen molar-refractivity contribution in [3.63, 3.8) is 0 Å². The predicted molar refractivity (Wildman–Crippen MR) is 127 cm³/mol. The van der Waals surface area contributed by atoms with Gasteiger partial charge in [-0.1, -0.05) is 0 Å². The molecule has 0 saturated carbocycles. The number of anilines is 1. The van der Waals surface area contributed by atoms with Gasteiger partial charge in [0.15, 0.2) is 17.3 Å². The van der Waals surface area contributed by atoms with Gasteiger partial charge in [0.1, 0.15) is 17.4 Å². The van der Waals surface area contributed by atoms with Crippen molar-refractivity contribution in [2.45, 2.75) is 25.5 Å². The Morgan fingerprint density at radius 1 is 1.09 bits per heavy atom. The maximum atomic E-state index is 13.9. The zero-order chi connectivity index (χ0) is 23.0. The lowest BCUT2D eigenvalue weighted by atomic mass is 9.87. The van der Waals surface area contributed by atoms with Crippen molar-refractivity contribution >= 4 is 29.1 Å². The van der Waals surface area contributed by atoms with E-state index in [2.05, 4.69) is 20.6 Å². The number of aromatic nitrogens is 2. The number of methoxy groups -OCH3 is 2. The summed E-state index contributed by atoms with van der Waals surface area (Å²) in [5.41, 5.74) is -0.202. The van der Waals surface area contributed by atoms with Crippen LogP contribution in [-0.4, -0.2) is 59.1 Å². The molecule has 178 valence electrons. The van der Waals surface area contributed by atoms with Crippen molar-refractivity contribution in [2.24, 2.45) is 5.92 Å². The highest BCUT2D eigenvalue weighted by Gasteiger charge is 2.38. The van der Waals surface area contributed by atoms with Gasteiger partial charge in [-0.05, 0) is 38.1 Å². The summed E-state index contributed by atoms with van der Waals surface area (Å²) >= 11 is 0. The van der Waals surface area contributed by atoms with Gasteiger partial charge in [0.25, 0.3) is 0 Å². The maximum Gasteiger partial charge on any atom is 0.165 e. The highest BCUT2D eigenvalue weighted by atomic mass is 35.5. The molecule has 1 aliphatic rings. The fraction of sp³-hybridized carbons (Fsp3) is 0.391. The minimum Gasteiger partial charge on any atom is -0.507 e. The van der Waals surface area contributed by atoms with Gasteiger partial charge >= 0.3 is 0 Å². The molecule has 2 aromatic carbocycles. The average Bonchev–Trinajstić information content (AvgIpc) is 3.23. The van der Waals surface area contributed by atoms with Gasteiger partial charge in [0.2, 0.25) is 0 Å². The van der Waals surface area contributed by atoms with Gasteiger partial charge in [-0.25, -0.2) is 14.4 Å². The van der Waals surface area contributed by atoms with Crippen LogP contribution in [0.5, 0.6) is 17.2 Å². The summed E-state index contributed by atoms with van der Waals surface area (Å²) in [5.74, 6) is 0.929. The van der Waals surface area contributed by atoms with Gasteiger partial charge in [-0.15, -0.1) is 12.4 Å². The Bertz CT molecular complexity index is 1160. The third-order valence-electron chi connectivity index (χ3n) is 5.84. The van der Waals surface area contributed by atoms with Crippen LogP contribution in [0.2, 0.25) is 0 Å². The largest absolute Gasteiger partial charge is 0.507 e. The number of hydrogen-bond acceptors (Lipinski definition) is 8. The standard InChI is InChI=1S/C23H27FN4O4.ClH/c1-23(2,30)15-10-25-11-17(15)27-21-13-8-19(31-3)20(32-4)9-16(13)26-22(28-21)14-7-12(24)5-6-18(14)29;/h5-9,15,17,25,29-30H,10-11H2,1-4H3,(H,26,27,28);1H/t15?,17-;/m1./s1. The summed E-state index contributed by atoms with van der Waals surface area (Å²) in [6, 6.07) is 7.00. The molecular formula is C23H28ClFN4O4. The lowest BCUT2D eigenvalue weighted by Crippen LogP contribution is -2.42. The van der Waals surface area contributed by atoms with Crippen molar-refractivity contribution < 1.29 is 24.1 Å². The molecule has 3 aromatic rings. The molecule has 1 aromatic heterocycles. The second kappa shape index (κ2) is 9.54. The quantitative estimate of drug-likeness (QED) is 0.427. The molecule has 1 saturated heterocycles. The van der Waals surface area contributed by atoms with Crippen molar-refractivity contribution in [1.82, 2.24) is 15.3 Å². The molecule has 33 heavy (non-hydrogen) atoms. The second-order valence-electron chi connectivity index (χ2n) is 8.45. The molecule has 8 nitrogen and oxygen atoms in total. The molecule has 10 heteroatoms. The Kier molecular flexibility index (Phi) is 7.16. The third kappa shape index (κ3) is 4.90. The summed E-state index contributed by atoms with van der Waals surface area (Å²) in [6.45, 7) is 4.84. The minimum absolute atomic E-state index is 0. The van der Waals surface area contributed by atoms with E-state index in [9.17, 15) is 14.6 Å². The Labute approximate surface area is 197 Å². The molecular weight excluding hydrogens is 451 g/mol. The topological polar surface area (TPSA) is 109 Å². The Morgan fingerprint density at radius 2 is 1.79 bits per heavy atom. The molecule has 0 radical (unpaired) electrons. The van der Waals surface area contributed by atoms with Crippen molar-refractivity contribution in [3.05, 3.63) is 36.1 Å². The third-order valence-corrected chi connectivity index (χ3v) is 5.84. The molecule has 2 heterocycles. The number of phenols is 1. The lowest BCUT2D eigenvalue weighted by Gasteiger charge is -2.31. The summed E-state index contributed by atoms with van der Waals surface area (Å²) in [7, 11) is 3.07. The number of benzene rings is 2. The number of phenolic OH excluding ortho intramolecular Hbond substituents is 1. The molecule has 0 bridgehead atoms. The first-order chi connectivity index (χ1) is 15.2. The number of rotatable bonds is 6. The maximum absolute atomic E-state index is 13.9. The van der Waals surface area contributed by atoms with Crippen LogP contribution in [0.25, 0.3) is 22.3 Å². The van der Waals surface area contributed by atoms with Crippen LogP contribution in [0.3, 0.4) is 0 Å². The smallest absolute Gasteiger partial charge is 0.165 e. The summed E-state index contributed by atoms with van der Waals surface area (Å²) in [5, 5.41) is 28.3. The van der Waals surface area contributed by atoms with Crippen LogP contribution in [0.1, 0.15) is 13.8 Å². The normalized spacial score (nSPS) is 18.1. The first-order valence-corrected chi connectivity index (χ1v) is 10.3. The van der Waals surface area contributed by atoms with E-state index >= 15 is 0 Å². The van der Waals surface area contributed by atoms with E-state index < -0.39 is 11.4 Å². The number of ether oxygens (including phenoxy) is 2. The number of halogens is 2. The van der Waals surface area contributed by atoms with Crippen LogP contribution in [-0.2, 0) is 0 Å². The Morgan fingerprint density at radius 3 is 2.45 bits per heavy atom. The van der Waals surface area contributed by atoms with Gasteiger partial charge in [-0.2, -0.15) is 0 Å². The van der Waals surface area contributed by atoms with E-state index in [1.807, 2.05) is 0 Å². The fourth-order valence-electron chi connectivity index (χ4n) is 4.12. The number of aromatic hydroxyl groups is 1. The zero-order valence-electron chi connectivity index (χ0n) is 18.8. The predicted octanol–water partition coefficient (Wildman–Crippen LogP) is 3.35. The van der Waals surface area contributed by atoms with E-state index in [1.165, 1.54) is 25.3 Å². The van der Waals surface area contributed by atoms with Crippen molar-refractivity contribution in [1.29, 1.82) is 0 Å². The molecule has 0 aliphatic carbocycles. The highest BCUT2D eigenvalue weighted by molar-refractivity contribution is 5.93. The number of hydrogen-bond donors (Lipinski definition) is 4. The van der Waals surface area contributed by atoms with E-state index in [0.29, 0.717) is 41.3 Å². The van der Waals surface area contributed by atoms with Crippen molar-refractivity contribution in [2.75, 3.05) is 32.6 Å². The molecule has 1 aliphatic heterocycles. The second-order valence-corrected chi connectivity index (χ2v) is 8.45. The summed E-state index contributed by atoms with van der Waals surface area (Å²) in [6.07, 6.45) is 0.